The van der Waals surface area contributed by atoms with Gasteiger partial charge in [-0.2, -0.15) is 0 Å². The van der Waals surface area contributed by atoms with Gasteiger partial charge in [0.1, 0.15) is 0 Å². The number of nitrogens with one attached hydrogen (secondary N) is 1. The highest BCUT2D eigenvalue weighted by Crippen LogP contribution is 2.17. The van der Waals surface area contributed by atoms with Gasteiger partial charge in [0.25, 0.3) is 0 Å². The molecule has 1 saturated heterocycles. The minimum absolute atomic E-state index is 0.228. The second-order valence-corrected chi connectivity index (χ2v) is 4.27. The third-order valence-corrected chi connectivity index (χ3v) is 2.96. The van der Waals surface area contributed by atoms with Gasteiger partial charge in [-0.25, -0.2) is 4.79 Å². The summed E-state index contributed by atoms with van der Waals surface area (Å²) in [5, 5.41) is 3.42. The number of piperazine rings is 1. The van der Waals surface area contributed by atoms with E-state index in [0.717, 1.165) is 25.2 Å². The first-order valence-corrected chi connectivity index (χ1v) is 5.66. The predicted molar refractivity (Wildman–Crippen MR) is 63.8 cm³/mol. The minimum atomic E-state index is -0.344. The zero-order valence-corrected chi connectivity index (χ0v) is 10.1. The second-order valence-electron chi connectivity index (χ2n) is 4.27. The minimum Gasteiger partial charge on any atom is -0.465 e. The summed E-state index contributed by atoms with van der Waals surface area (Å²) in [4.78, 5) is 17.8. The molecule has 1 aromatic heterocycles. The Morgan fingerprint density at radius 1 is 1.59 bits per heavy atom. The number of ether oxygens (including phenoxy) is 1. The Morgan fingerprint density at radius 3 is 3.12 bits per heavy atom. The fourth-order valence-corrected chi connectivity index (χ4v) is 2.00. The number of carbonyl (C=O) groups excluding carboxylic acids is 1. The van der Waals surface area contributed by atoms with Crippen LogP contribution < -0.4 is 5.32 Å². The Balaban J connectivity index is 2.17. The van der Waals surface area contributed by atoms with Gasteiger partial charge in [-0.15, -0.1) is 0 Å². The number of aromatic nitrogens is 1. The average molecular weight is 235 g/mol. The van der Waals surface area contributed by atoms with Crippen LogP contribution in [-0.4, -0.2) is 49.6 Å². The van der Waals surface area contributed by atoms with E-state index in [1.807, 2.05) is 6.07 Å². The van der Waals surface area contributed by atoms with Crippen LogP contribution in [0.3, 0.4) is 0 Å². The number of hydrogen-bond acceptors (Lipinski definition) is 5. The zero-order chi connectivity index (χ0) is 12.3. The van der Waals surface area contributed by atoms with E-state index in [1.165, 1.54) is 13.3 Å². The molecule has 5 nitrogen and oxygen atoms in total. The molecular weight excluding hydrogens is 218 g/mol. The molecule has 1 N–H and O–H groups in total. The molecule has 92 valence electrons. The number of nitrogens with zero attached hydrogens (tertiary/aromatic N) is 2. The van der Waals surface area contributed by atoms with Crippen LogP contribution in [0, 0.1) is 0 Å². The van der Waals surface area contributed by atoms with E-state index in [9.17, 15) is 4.79 Å². The van der Waals surface area contributed by atoms with E-state index in [0.29, 0.717) is 5.56 Å². The molecular formula is C12H17N3O2. The van der Waals surface area contributed by atoms with Crippen molar-refractivity contribution < 1.29 is 9.53 Å². The summed E-state index contributed by atoms with van der Waals surface area (Å²) in [6, 6.07) is 2.07. The van der Waals surface area contributed by atoms with Crippen LogP contribution >= 0.6 is 0 Å². The van der Waals surface area contributed by atoms with Gasteiger partial charge >= 0.3 is 5.97 Å². The predicted octanol–water partition coefficient (Wildman–Crippen LogP) is 0.444. The van der Waals surface area contributed by atoms with E-state index >= 15 is 0 Å². The lowest BCUT2D eigenvalue weighted by atomic mass is 10.1. The third kappa shape index (κ3) is 2.81. The van der Waals surface area contributed by atoms with Crippen LogP contribution in [-0.2, 0) is 4.74 Å². The molecule has 2 heterocycles. The van der Waals surface area contributed by atoms with E-state index in [2.05, 4.69) is 27.0 Å². The van der Waals surface area contributed by atoms with Crippen molar-refractivity contribution in [3.8, 4) is 0 Å². The van der Waals surface area contributed by atoms with Crippen molar-refractivity contribution in [2.45, 2.75) is 6.04 Å². The lowest BCUT2D eigenvalue weighted by Gasteiger charge is -2.31. The summed E-state index contributed by atoms with van der Waals surface area (Å²) >= 11 is 0. The molecule has 0 amide bonds. The molecule has 2 rings (SSSR count). The molecule has 17 heavy (non-hydrogen) atoms. The van der Waals surface area contributed by atoms with Gasteiger partial charge in [0.05, 0.1) is 12.7 Å². The molecule has 0 aromatic carbocycles. The molecule has 5 heteroatoms. The van der Waals surface area contributed by atoms with Gasteiger partial charge in [0.2, 0.25) is 0 Å². The summed E-state index contributed by atoms with van der Waals surface area (Å²) in [5.41, 5.74) is 1.53. The SMILES string of the molecule is COC(=O)c1cncc(C2CN(C)CCN2)c1. The van der Waals surface area contributed by atoms with Crippen LogP contribution in [0.25, 0.3) is 0 Å². The molecule has 1 fully saturated rings. The number of rotatable bonds is 2. The third-order valence-electron chi connectivity index (χ3n) is 2.96. The number of methoxy groups -OCH3 is 1. The summed E-state index contributed by atoms with van der Waals surface area (Å²) in [6.45, 7) is 2.91. The van der Waals surface area contributed by atoms with Crippen molar-refractivity contribution in [1.29, 1.82) is 0 Å². The van der Waals surface area contributed by atoms with Gasteiger partial charge in [0, 0.05) is 38.1 Å². The van der Waals surface area contributed by atoms with Crippen molar-refractivity contribution in [2.24, 2.45) is 0 Å². The zero-order valence-electron chi connectivity index (χ0n) is 10.1. The first kappa shape index (κ1) is 12.0. The Labute approximate surface area is 101 Å². The fourth-order valence-electron chi connectivity index (χ4n) is 2.00. The highest BCUT2D eigenvalue weighted by molar-refractivity contribution is 5.89. The molecule has 1 atom stereocenters. The largest absolute Gasteiger partial charge is 0.465 e. The number of pyridine rings is 1. The molecule has 1 aliphatic rings. The Morgan fingerprint density at radius 2 is 2.41 bits per heavy atom. The van der Waals surface area contributed by atoms with E-state index < -0.39 is 0 Å². The molecule has 1 unspecified atom stereocenters. The smallest absolute Gasteiger partial charge is 0.339 e. The summed E-state index contributed by atoms with van der Waals surface area (Å²) in [7, 11) is 3.47. The molecule has 0 bridgehead atoms. The Bertz CT molecular complexity index is 408. The topological polar surface area (TPSA) is 54.5 Å². The van der Waals surface area contributed by atoms with Gasteiger partial charge < -0.3 is 15.0 Å². The van der Waals surface area contributed by atoms with Gasteiger partial charge in [-0.1, -0.05) is 0 Å². The maximum Gasteiger partial charge on any atom is 0.339 e. The summed E-state index contributed by atoms with van der Waals surface area (Å²) < 4.78 is 4.69. The van der Waals surface area contributed by atoms with Crippen LogP contribution in [0.1, 0.15) is 22.0 Å². The number of hydrogen-bond donors (Lipinski definition) is 1. The van der Waals surface area contributed by atoms with Crippen LogP contribution in [0.4, 0.5) is 0 Å². The number of likely N-dealkylation sites (N-methyl/N-ethyl adjacent to an activating group) is 1. The molecule has 0 spiro atoms. The fraction of sp³-hybridized carbons (Fsp3) is 0.500. The van der Waals surface area contributed by atoms with Crippen LogP contribution in [0.5, 0.6) is 0 Å². The number of esters is 1. The molecule has 0 aliphatic carbocycles. The standard InChI is InChI=1S/C12H17N3O2/c1-15-4-3-14-11(8-15)9-5-10(7-13-6-9)12(16)17-2/h5-7,11,14H,3-4,8H2,1-2H3. The van der Waals surface area contributed by atoms with E-state index in [-0.39, 0.29) is 12.0 Å². The van der Waals surface area contributed by atoms with E-state index in [4.69, 9.17) is 0 Å². The van der Waals surface area contributed by atoms with Crippen molar-refractivity contribution in [3.63, 3.8) is 0 Å². The molecule has 1 aliphatic heterocycles. The van der Waals surface area contributed by atoms with Crippen molar-refractivity contribution in [2.75, 3.05) is 33.8 Å². The average Bonchev–Trinajstić information content (AvgIpc) is 2.38. The van der Waals surface area contributed by atoms with Gasteiger partial charge in [-0.3, -0.25) is 4.98 Å². The summed E-state index contributed by atoms with van der Waals surface area (Å²) in [6.07, 6.45) is 3.32. The highest BCUT2D eigenvalue weighted by Gasteiger charge is 2.19. The maximum atomic E-state index is 11.4. The van der Waals surface area contributed by atoms with Crippen molar-refractivity contribution in [1.82, 2.24) is 15.2 Å². The van der Waals surface area contributed by atoms with Crippen molar-refractivity contribution >= 4 is 5.97 Å². The highest BCUT2D eigenvalue weighted by atomic mass is 16.5. The maximum absolute atomic E-state index is 11.4. The Hall–Kier alpha value is -1.46. The van der Waals surface area contributed by atoms with Gasteiger partial charge in [-0.05, 0) is 18.7 Å². The quantitative estimate of drug-likeness (QED) is 0.754. The second kappa shape index (κ2) is 5.25. The lowest BCUT2D eigenvalue weighted by molar-refractivity contribution is 0.0600. The van der Waals surface area contributed by atoms with Crippen LogP contribution in [0.15, 0.2) is 18.5 Å². The Kier molecular flexibility index (Phi) is 3.71. The first-order valence-electron chi connectivity index (χ1n) is 5.66. The lowest BCUT2D eigenvalue weighted by Crippen LogP contribution is -2.43. The number of carbonyl (C=O) groups is 1. The first-order chi connectivity index (χ1) is 8.20. The molecule has 1 aromatic rings. The summed E-state index contributed by atoms with van der Waals surface area (Å²) in [5.74, 6) is -0.344. The molecule has 0 saturated carbocycles. The molecule has 0 radical (unpaired) electrons. The van der Waals surface area contributed by atoms with Crippen LogP contribution in [0.2, 0.25) is 0 Å². The van der Waals surface area contributed by atoms with E-state index in [1.54, 1.807) is 6.20 Å². The monoisotopic (exact) mass is 235 g/mol. The normalized spacial score (nSPS) is 21.2. The van der Waals surface area contributed by atoms with Crippen molar-refractivity contribution in [3.05, 3.63) is 29.6 Å². The van der Waals surface area contributed by atoms with Gasteiger partial charge in [0.15, 0.2) is 0 Å².